The van der Waals surface area contributed by atoms with Crippen molar-refractivity contribution in [1.29, 1.82) is 0 Å². The number of benzene rings is 1. The number of rotatable bonds is 4. The van der Waals surface area contributed by atoms with Gasteiger partial charge in [0.25, 0.3) is 5.91 Å². The molecule has 124 valence electrons. The maximum Gasteiger partial charge on any atom is 0.260 e. The molecule has 0 atom stereocenters. The van der Waals surface area contributed by atoms with Gasteiger partial charge in [-0.15, -0.1) is 0 Å². The number of amides is 1. The number of aryl methyl sites for hydroxylation is 1. The maximum absolute atomic E-state index is 12.9. The molecule has 1 N–H and O–H groups in total. The largest absolute Gasteiger partial charge is 0.304 e. The molecule has 2 heterocycles. The third-order valence-electron chi connectivity index (χ3n) is 3.69. The van der Waals surface area contributed by atoms with Crippen LogP contribution in [0, 0.1) is 12.7 Å². The summed E-state index contributed by atoms with van der Waals surface area (Å²) in [6.45, 7) is 2.22. The van der Waals surface area contributed by atoms with Crippen LogP contribution < -0.4 is 5.32 Å². The van der Waals surface area contributed by atoms with E-state index in [1.165, 1.54) is 18.3 Å². The number of nitrogens with zero attached hydrogens (tertiary/aromatic N) is 4. The lowest BCUT2D eigenvalue weighted by molar-refractivity contribution is 0.102. The summed E-state index contributed by atoms with van der Waals surface area (Å²) >= 11 is 6.13. The number of nitrogens with one attached hydrogen (secondary N) is 1. The van der Waals surface area contributed by atoms with Crippen molar-refractivity contribution in [2.75, 3.05) is 5.32 Å². The van der Waals surface area contributed by atoms with Gasteiger partial charge in [0.15, 0.2) is 5.82 Å². The van der Waals surface area contributed by atoms with E-state index in [-0.39, 0.29) is 17.5 Å². The fourth-order valence-corrected chi connectivity index (χ4v) is 2.43. The van der Waals surface area contributed by atoms with Gasteiger partial charge in [0.1, 0.15) is 10.8 Å². The fraction of sp³-hybridized carbons (Fsp3) is 0.188. The number of aromatic nitrogens is 4. The van der Waals surface area contributed by atoms with E-state index in [9.17, 15) is 9.18 Å². The van der Waals surface area contributed by atoms with E-state index < -0.39 is 0 Å². The first-order valence-corrected chi connectivity index (χ1v) is 7.59. The van der Waals surface area contributed by atoms with E-state index in [0.717, 1.165) is 11.3 Å². The third-order valence-corrected chi connectivity index (χ3v) is 3.96. The zero-order valence-electron chi connectivity index (χ0n) is 13.1. The van der Waals surface area contributed by atoms with Crippen LogP contribution in [0.3, 0.4) is 0 Å². The van der Waals surface area contributed by atoms with Gasteiger partial charge in [0.05, 0.1) is 18.3 Å². The predicted molar refractivity (Wildman–Crippen MR) is 88.6 cm³/mol. The molecule has 1 amide bonds. The molecule has 0 saturated carbocycles. The van der Waals surface area contributed by atoms with Gasteiger partial charge in [0.2, 0.25) is 0 Å². The zero-order chi connectivity index (χ0) is 17.3. The summed E-state index contributed by atoms with van der Waals surface area (Å²) in [5, 5.41) is 11.3. The minimum atomic E-state index is -0.325. The number of carbonyl (C=O) groups is 1. The molecule has 24 heavy (non-hydrogen) atoms. The summed E-state index contributed by atoms with van der Waals surface area (Å²) in [6, 6.07) is 6.10. The minimum absolute atomic E-state index is 0.270. The average molecular weight is 348 g/mol. The van der Waals surface area contributed by atoms with Gasteiger partial charge >= 0.3 is 0 Å². The molecular weight excluding hydrogens is 333 g/mol. The van der Waals surface area contributed by atoms with E-state index in [2.05, 4.69) is 15.5 Å². The second-order valence-electron chi connectivity index (χ2n) is 5.37. The van der Waals surface area contributed by atoms with Gasteiger partial charge in [-0.1, -0.05) is 23.7 Å². The van der Waals surface area contributed by atoms with Gasteiger partial charge < -0.3 is 5.32 Å². The number of carbonyl (C=O) groups excluding carboxylic acids is 1. The Morgan fingerprint density at radius 2 is 2.04 bits per heavy atom. The first-order chi connectivity index (χ1) is 11.4. The highest BCUT2D eigenvalue weighted by Gasteiger charge is 2.16. The first-order valence-electron chi connectivity index (χ1n) is 7.21. The van der Waals surface area contributed by atoms with E-state index in [1.54, 1.807) is 41.7 Å². The van der Waals surface area contributed by atoms with Gasteiger partial charge in [0, 0.05) is 18.9 Å². The Hall–Kier alpha value is -2.67. The molecule has 6 nitrogen and oxygen atoms in total. The van der Waals surface area contributed by atoms with E-state index in [1.807, 2.05) is 0 Å². The van der Waals surface area contributed by atoms with Gasteiger partial charge in [-0.25, -0.2) is 4.39 Å². The molecule has 0 unspecified atom stereocenters. The van der Waals surface area contributed by atoms with E-state index in [0.29, 0.717) is 17.1 Å². The molecule has 3 rings (SSSR count). The van der Waals surface area contributed by atoms with Crippen LogP contribution >= 0.6 is 11.6 Å². The lowest BCUT2D eigenvalue weighted by Crippen LogP contribution is -2.14. The van der Waals surface area contributed by atoms with Crippen molar-refractivity contribution in [3.63, 3.8) is 0 Å². The molecule has 0 bridgehead atoms. The van der Waals surface area contributed by atoms with Crippen LogP contribution in [-0.2, 0) is 13.6 Å². The highest BCUT2D eigenvalue weighted by atomic mass is 35.5. The predicted octanol–water partition coefficient (Wildman–Crippen LogP) is 3.02. The SMILES string of the molecule is Cc1c(C(=O)Nc2nn(Cc3ccc(F)cc3)cc2Cl)cnn1C. The number of hydrogen-bond acceptors (Lipinski definition) is 3. The Bertz CT molecular complexity index is 885. The van der Waals surface area contributed by atoms with Crippen LogP contribution in [0.2, 0.25) is 5.02 Å². The van der Waals surface area contributed by atoms with Crippen molar-refractivity contribution in [2.24, 2.45) is 7.05 Å². The van der Waals surface area contributed by atoms with Crippen LogP contribution in [0.15, 0.2) is 36.7 Å². The Morgan fingerprint density at radius 3 is 2.67 bits per heavy atom. The molecule has 3 aromatic rings. The molecule has 2 aromatic heterocycles. The van der Waals surface area contributed by atoms with Gasteiger partial charge in [-0.3, -0.25) is 14.2 Å². The topological polar surface area (TPSA) is 64.7 Å². The zero-order valence-corrected chi connectivity index (χ0v) is 13.9. The highest BCUT2D eigenvalue weighted by Crippen LogP contribution is 2.21. The fourth-order valence-electron chi connectivity index (χ4n) is 2.24. The molecule has 0 aliphatic carbocycles. The maximum atomic E-state index is 12.9. The second-order valence-corrected chi connectivity index (χ2v) is 5.78. The molecule has 0 radical (unpaired) electrons. The second kappa shape index (κ2) is 6.45. The van der Waals surface area contributed by atoms with Crippen molar-refractivity contribution in [3.8, 4) is 0 Å². The Kier molecular flexibility index (Phi) is 4.35. The molecule has 0 saturated heterocycles. The van der Waals surface area contributed by atoms with Crippen molar-refractivity contribution < 1.29 is 9.18 Å². The molecule has 0 aliphatic rings. The summed E-state index contributed by atoms with van der Waals surface area (Å²) in [7, 11) is 1.76. The molecule has 0 aliphatic heterocycles. The van der Waals surface area contributed by atoms with Crippen LogP contribution in [0.25, 0.3) is 0 Å². The monoisotopic (exact) mass is 347 g/mol. The molecule has 1 aromatic carbocycles. The molecule has 0 spiro atoms. The van der Waals surface area contributed by atoms with Crippen molar-refractivity contribution >= 4 is 23.3 Å². The van der Waals surface area contributed by atoms with Gasteiger partial charge in [-0.2, -0.15) is 10.2 Å². The minimum Gasteiger partial charge on any atom is -0.304 e. The summed E-state index contributed by atoms with van der Waals surface area (Å²) in [4.78, 5) is 12.3. The quantitative estimate of drug-likeness (QED) is 0.789. The number of anilines is 1. The van der Waals surface area contributed by atoms with E-state index >= 15 is 0 Å². The summed E-state index contributed by atoms with van der Waals surface area (Å²) in [5.41, 5.74) is 2.08. The Labute approximate surface area is 142 Å². The third kappa shape index (κ3) is 3.30. The lowest BCUT2D eigenvalue weighted by Gasteiger charge is -2.03. The van der Waals surface area contributed by atoms with E-state index in [4.69, 9.17) is 11.6 Å². The average Bonchev–Trinajstić information content (AvgIpc) is 3.05. The van der Waals surface area contributed by atoms with Crippen LogP contribution in [0.1, 0.15) is 21.6 Å². The summed E-state index contributed by atoms with van der Waals surface area (Å²) < 4.78 is 16.1. The van der Waals surface area contributed by atoms with Gasteiger partial charge in [-0.05, 0) is 24.6 Å². The van der Waals surface area contributed by atoms with Crippen LogP contribution in [0.4, 0.5) is 10.2 Å². The van der Waals surface area contributed by atoms with Crippen molar-refractivity contribution in [1.82, 2.24) is 19.6 Å². The smallest absolute Gasteiger partial charge is 0.260 e. The summed E-state index contributed by atoms with van der Waals surface area (Å²) in [6.07, 6.45) is 3.10. The summed E-state index contributed by atoms with van der Waals surface area (Å²) in [5.74, 6) is -0.349. The Balaban J connectivity index is 1.75. The molecule has 8 heteroatoms. The van der Waals surface area contributed by atoms with Crippen LogP contribution in [-0.4, -0.2) is 25.5 Å². The Morgan fingerprint density at radius 1 is 1.33 bits per heavy atom. The number of halogens is 2. The van der Waals surface area contributed by atoms with Crippen molar-refractivity contribution in [2.45, 2.75) is 13.5 Å². The van der Waals surface area contributed by atoms with Crippen molar-refractivity contribution in [3.05, 3.63) is 64.3 Å². The molecule has 0 fully saturated rings. The molecular formula is C16H15ClFN5O. The first kappa shape index (κ1) is 16.2. The lowest BCUT2D eigenvalue weighted by atomic mass is 10.2. The highest BCUT2D eigenvalue weighted by molar-refractivity contribution is 6.33. The standard InChI is InChI=1S/C16H15ClFN5O/c1-10-13(7-19-22(10)2)16(24)20-15-14(17)9-23(21-15)8-11-3-5-12(18)6-4-11/h3-7,9H,8H2,1-2H3,(H,20,21,24). The normalized spacial score (nSPS) is 10.8. The van der Waals surface area contributed by atoms with Crippen LogP contribution in [0.5, 0.6) is 0 Å². The number of hydrogen-bond donors (Lipinski definition) is 1.